The van der Waals surface area contributed by atoms with Crippen molar-refractivity contribution in [3.05, 3.63) is 58.5 Å². The first kappa shape index (κ1) is 18.1. The first-order valence-corrected chi connectivity index (χ1v) is 9.45. The molecule has 3 aromatic rings. The van der Waals surface area contributed by atoms with Crippen molar-refractivity contribution in [2.45, 2.75) is 6.54 Å². The summed E-state index contributed by atoms with van der Waals surface area (Å²) in [4.78, 5) is 6.39. The van der Waals surface area contributed by atoms with Gasteiger partial charge in [-0.15, -0.1) is 11.3 Å². The number of rotatable bonds is 6. The van der Waals surface area contributed by atoms with Crippen LogP contribution in [0.2, 0.25) is 0 Å². The number of thiazole rings is 1. The van der Waals surface area contributed by atoms with Gasteiger partial charge in [0.2, 0.25) is 0 Å². The summed E-state index contributed by atoms with van der Waals surface area (Å²) in [6, 6.07) is 9.24. The number of amidine groups is 1. The van der Waals surface area contributed by atoms with E-state index in [1.54, 1.807) is 31.4 Å². The smallest absolute Gasteiger partial charge is 0.161 e. The fourth-order valence-electron chi connectivity index (χ4n) is 3.10. The number of methoxy groups -OCH3 is 2. The number of benzene rings is 1. The van der Waals surface area contributed by atoms with Crippen molar-refractivity contribution in [3.63, 3.8) is 0 Å². The van der Waals surface area contributed by atoms with Crippen LogP contribution in [-0.4, -0.2) is 41.6 Å². The zero-order valence-electron chi connectivity index (χ0n) is 15.4. The molecule has 3 heterocycles. The largest absolute Gasteiger partial charge is 0.510 e. The van der Waals surface area contributed by atoms with Crippen LogP contribution in [-0.2, 0) is 6.54 Å². The predicted octanol–water partition coefficient (Wildman–Crippen LogP) is 4.18. The molecule has 2 aromatic heterocycles. The lowest BCUT2D eigenvalue weighted by molar-refractivity contribution is 0.328. The second-order valence-electron chi connectivity index (χ2n) is 6.21. The van der Waals surface area contributed by atoms with Gasteiger partial charge in [0.1, 0.15) is 22.4 Å². The third-order valence-electron chi connectivity index (χ3n) is 4.51. The highest BCUT2D eigenvalue weighted by atomic mass is 32.1. The molecule has 0 unspecified atom stereocenters. The van der Waals surface area contributed by atoms with E-state index in [1.165, 1.54) is 11.3 Å². The van der Waals surface area contributed by atoms with Gasteiger partial charge in [-0.2, -0.15) is 0 Å². The standard InChI is InChI=1S/C20H19N3O4S/c1-25-16-6-5-12(8-17(16)26-2)14-11-28-20(22-14)18-15(24)10-23(19(18)21)9-13-4-3-7-27-13/h3-8,11,21,24H,9-10H2,1-2H3. The van der Waals surface area contributed by atoms with Crippen molar-refractivity contribution in [1.29, 1.82) is 5.41 Å². The molecule has 0 radical (unpaired) electrons. The Balaban J connectivity index is 1.59. The highest BCUT2D eigenvalue weighted by Crippen LogP contribution is 2.35. The first-order valence-electron chi connectivity index (χ1n) is 8.57. The molecule has 0 atom stereocenters. The molecule has 28 heavy (non-hydrogen) atoms. The Kier molecular flexibility index (Phi) is 4.79. The lowest BCUT2D eigenvalue weighted by atomic mass is 10.1. The maximum Gasteiger partial charge on any atom is 0.161 e. The lowest BCUT2D eigenvalue weighted by Crippen LogP contribution is -2.25. The minimum Gasteiger partial charge on any atom is -0.510 e. The Hall–Kier alpha value is -3.26. The van der Waals surface area contributed by atoms with Gasteiger partial charge < -0.3 is 23.9 Å². The summed E-state index contributed by atoms with van der Waals surface area (Å²) in [6.45, 7) is 0.688. The van der Waals surface area contributed by atoms with E-state index in [9.17, 15) is 5.11 Å². The van der Waals surface area contributed by atoms with E-state index in [1.807, 2.05) is 29.6 Å². The lowest BCUT2D eigenvalue weighted by Gasteiger charge is -2.16. The highest BCUT2D eigenvalue weighted by Gasteiger charge is 2.30. The predicted molar refractivity (Wildman–Crippen MR) is 107 cm³/mol. The van der Waals surface area contributed by atoms with E-state index in [4.69, 9.17) is 19.3 Å². The molecule has 1 aliphatic heterocycles. The van der Waals surface area contributed by atoms with Crippen LogP contribution in [0, 0.1) is 5.41 Å². The summed E-state index contributed by atoms with van der Waals surface area (Å²) in [5.74, 6) is 2.39. The van der Waals surface area contributed by atoms with Crippen LogP contribution in [0.4, 0.5) is 0 Å². The van der Waals surface area contributed by atoms with Crippen molar-refractivity contribution in [3.8, 4) is 22.8 Å². The minimum atomic E-state index is 0.143. The van der Waals surface area contributed by atoms with Gasteiger partial charge >= 0.3 is 0 Å². The Morgan fingerprint density at radius 2 is 2.07 bits per heavy atom. The van der Waals surface area contributed by atoms with E-state index < -0.39 is 0 Å². The average Bonchev–Trinajstić information content (AvgIpc) is 3.43. The monoisotopic (exact) mass is 397 g/mol. The minimum absolute atomic E-state index is 0.143. The molecule has 1 aliphatic rings. The molecule has 7 nitrogen and oxygen atoms in total. The van der Waals surface area contributed by atoms with Crippen molar-refractivity contribution < 1.29 is 19.0 Å². The third kappa shape index (κ3) is 3.22. The van der Waals surface area contributed by atoms with Crippen LogP contribution in [0.15, 0.2) is 52.2 Å². The maximum absolute atomic E-state index is 10.4. The van der Waals surface area contributed by atoms with E-state index in [-0.39, 0.29) is 18.1 Å². The first-order chi connectivity index (χ1) is 13.6. The summed E-state index contributed by atoms with van der Waals surface area (Å²) in [6.07, 6.45) is 1.60. The van der Waals surface area contributed by atoms with Crippen LogP contribution < -0.4 is 9.47 Å². The summed E-state index contributed by atoms with van der Waals surface area (Å²) < 4.78 is 16.0. The van der Waals surface area contributed by atoms with Gasteiger partial charge in [-0.3, -0.25) is 5.41 Å². The SMILES string of the molecule is COc1ccc(-c2csc(C3=C(O)CN(Cc4ccco4)C3=N)n2)cc1OC. The number of aliphatic hydroxyl groups is 1. The van der Waals surface area contributed by atoms with Crippen LogP contribution >= 0.6 is 11.3 Å². The Labute approximate surface area is 166 Å². The van der Waals surface area contributed by atoms with E-state index in [0.29, 0.717) is 28.6 Å². The molecule has 144 valence electrons. The zero-order chi connectivity index (χ0) is 19.7. The van der Waals surface area contributed by atoms with Crippen LogP contribution in [0.3, 0.4) is 0 Å². The van der Waals surface area contributed by atoms with Gasteiger partial charge in [-0.1, -0.05) is 0 Å². The molecule has 0 saturated heterocycles. The zero-order valence-corrected chi connectivity index (χ0v) is 16.2. The third-order valence-corrected chi connectivity index (χ3v) is 5.37. The molecular formula is C20H19N3O4S. The number of aliphatic hydroxyl groups excluding tert-OH is 1. The van der Waals surface area contributed by atoms with Crippen molar-refractivity contribution >= 4 is 22.7 Å². The number of hydrogen-bond donors (Lipinski definition) is 2. The van der Waals surface area contributed by atoms with Gasteiger partial charge in [-0.25, -0.2) is 4.98 Å². The number of aromatic nitrogens is 1. The number of ether oxygens (including phenoxy) is 2. The number of nitrogens with one attached hydrogen (secondary N) is 1. The van der Waals surface area contributed by atoms with Gasteiger partial charge in [-0.05, 0) is 30.3 Å². The summed E-state index contributed by atoms with van der Waals surface area (Å²) in [5, 5.41) is 21.4. The Morgan fingerprint density at radius 3 is 2.79 bits per heavy atom. The number of furan rings is 1. The van der Waals surface area contributed by atoms with Crippen LogP contribution in [0.25, 0.3) is 16.8 Å². The van der Waals surface area contributed by atoms with E-state index >= 15 is 0 Å². The molecule has 0 amide bonds. The molecule has 4 rings (SSSR count). The van der Waals surface area contributed by atoms with Gasteiger partial charge in [0.05, 0.1) is 44.8 Å². The average molecular weight is 397 g/mol. The van der Waals surface area contributed by atoms with Crippen molar-refractivity contribution in [2.75, 3.05) is 20.8 Å². The van der Waals surface area contributed by atoms with Crippen molar-refractivity contribution in [2.24, 2.45) is 0 Å². The molecule has 0 spiro atoms. The Bertz CT molecular complexity index is 1040. The second-order valence-corrected chi connectivity index (χ2v) is 7.07. The fourth-order valence-corrected chi connectivity index (χ4v) is 4.00. The molecule has 8 heteroatoms. The van der Waals surface area contributed by atoms with Gasteiger partial charge in [0, 0.05) is 10.9 Å². The van der Waals surface area contributed by atoms with Crippen molar-refractivity contribution in [1.82, 2.24) is 9.88 Å². The highest BCUT2D eigenvalue weighted by molar-refractivity contribution is 7.11. The summed E-state index contributed by atoms with van der Waals surface area (Å²) >= 11 is 1.39. The quantitative estimate of drug-likeness (QED) is 0.648. The Morgan fingerprint density at radius 1 is 1.25 bits per heavy atom. The number of hydrogen-bond acceptors (Lipinski definition) is 7. The van der Waals surface area contributed by atoms with E-state index in [2.05, 4.69) is 4.98 Å². The van der Waals surface area contributed by atoms with E-state index in [0.717, 1.165) is 17.0 Å². The molecule has 2 N–H and O–H groups in total. The molecule has 0 fully saturated rings. The van der Waals surface area contributed by atoms with Crippen LogP contribution in [0.1, 0.15) is 10.8 Å². The fraction of sp³-hybridized carbons (Fsp3) is 0.200. The molecule has 1 aromatic carbocycles. The molecule has 0 aliphatic carbocycles. The molecular weight excluding hydrogens is 378 g/mol. The summed E-state index contributed by atoms with van der Waals surface area (Å²) in [7, 11) is 3.18. The maximum atomic E-state index is 10.4. The molecule has 0 saturated carbocycles. The second kappa shape index (κ2) is 7.40. The summed E-state index contributed by atoms with van der Waals surface area (Å²) in [5.41, 5.74) is 2.08. The van der Waals surface area contributed by atoms with Gasteiger partial charge in [0.25, 0.3) is 0 Å². The van der Waals surface area contributed by atoms with Crippen LogP contribution in [0.5, 0.6) is 11.5 Å². The van der Waals surface area contributed by atoms with Gasteiger partial charge in [0.15, 0.2) is 11.5 Å². The number of nitrogens with zero attached hydrogens (tertiary/aromatic N) is 2. The normalized spacial score (nSPS) is 14.1. The topological polar surface area (TPSA) is 91.8 Å². The molecule has 0 bridgehead atoms.